The molecule has 0 heterocycles. The lowest BCUT2D eigenvalue weighted by Crippen LogP contribution is -1.99. The normalized spacial score (nSPS) is 10.0. The molecule has 0 radical (unpaired) electrons. The first-order chi connectivity index (χ1) is 8.17. The summed E-state index contributed by atoms with van der Waals surface area (Å²) in [6.07, 6.45) is 3.20. The average Bonchev–Trinajstić information content (AvgIpc) is 2.34. The minimum absolute atomic E-state index is 0.0438. The van der Waals surface area contributed by atoms with Crippen LogP contribution in [0.15, 0.2) is 18.2 Å². The van der Waals surface area contributed by atoms with Gasteiger partial charge in [-0.2, -0.15) is 0 Å². The number of nitrogens with zero attached hydrogens (tertiary/aromatic N) is 1. The Hall–Kier alpha value is -1.78. The molecule has 0 amide bonds. The molecule has 1 aromatic rings. The Morgan fingerprint density at radius 2 is 2.12 bits per heavy atom. The number of hydrogen-bond donors (Lipinski definition) is 1. The fourth-order valence-electron chi connectivity index (χ4n) is 1.46. The van der Waals surface area contributed by atoms with Gasteiger partial charge in [-0.3, -0.25) is 10.1 Å². The number of non-ortho nitro benzene ring substituents is 1. The minimum atomic E-state index is -0.417. The van der Waals surface area contributed by atoms with Crippen LogP contribution in [0.25, 0.3) is 0 Å². The lowest BCUT2D eigenvalue weighted by molar-refractivity contribution is -0.384. The van der Waals surface area contributed by atoms with Gasteiger partial charge in [0, 0.05) is 24.9 Å². The van der Waals surface area contributed by atoms with E-state index in [-0.39, 0.29) is 5.69 Å². The molecule has 0 aliphatic rings. The summed E-state index contributed by atoms with van der Waals surface area (Å²) in [6, 6.07) is 4.70. The maximum Gasteiger partial charge on any atom is 0.275 e. The lowest BCUT2D eigenvalue weighted by atomic mass is 10.2. The highest BCUT2D eigenvalue weighted by Crippen LogP contribution is 2.25. The summed E-state index contributed by atoms with van der Waals surface area (Å²) in [5.41, 5.74) is 0.729. The van der Waals surface area contributed by atoms with Crippen molar-refractivity contribution in [3.8, 4) is 5.75 Å². The zero-order valence-electron chi connectivity index (χ0n) is 10.2. The largest absolute Gasteiger partial charge is 0.493 e. The Morgan fingerprint density at radius 1 is 1.35 bits per heavy atom. The van der Waals surface area contributed by atoms with Gasteiger partial charge in [-0.25, -0.2) is 0 Å². The summed E-state index contributed by atoms with van der Waals surface area (Å²) in [7, 11) is 1.72. The molecule has 0 bridgehead atoms. The number of nitro benzene ring substituents is 1. The summed E-state index contributed by atoms with van der Waals surface area (Å²) in [5.74, 6) is 0.541. The van der Waals surface area contributed by atoms with Crippen molar-refractivity contribution in [2.24, 2.45) is 0 Å². The van der Waals surface area contributed by atoms with Crippen LogP contribution < -0.4 is 10.1 Å². The van der Waals surface area contributed by atoms with Crippen LogP contribution in [0.2, 0.25) is 0 Å². The summed E-state index contributed by atoms with van der Waals surface area (Å²) in [4.78, 5) is 10.3. The smallest absolute Gasteiger partial charge is 0.275 e. The Bertz CT molecular complexity index is 380. The van der Waals surface area contributed by atoms with E-state index in [1.54, 1.807) is 13.1 Å². The van der Waals surface area contributed by atoms with Crippen LogP contribution >= 0.6 is 0 Å². The van der Waals surface area contributed by atoms with E-state index in [4.69, 9.17) is 4.74 Å². The zero-order chi connectivity index (χ0) is 12.7. The van der Waals surface area contributed by atoms with Crippen LogP contribution in [0, 0.1) is 10.1 Å². The van der Waals surface area contributed by atoms with Crippen molar-refractivity contribution in [1.82, 2.24) is 0 Å². The zero-order valence-corrected chi connectivity index (χ0v) is 10.2. The van der Waals surface area contributed by atoms with Crippen LogP contribution in [0.3, 0.4) is 0 Å². The molecule has 0 saturated heterocycles. The monoisotopic (exact) mass is 238 g/mol. The van der Waals surface area contributed by atoms with Gasteiger partial charge in [-0.15, -0.1) is 0 Å². The Morgan fingerprint density at radius 3 is 2.71 bits per heavy atom. The first kappa shape index (κ1) is 13.3. The maximum atomic E-state index is 10.7. The van der Waals surface area contributed by atoms with Gasteiger partial charge in [-0.05, 0) is 6.42 Å². The highest BCUT2D eigenvalue weighted by Gasteiger charge is 2.09. The predicted octanol–water partition coefficient (Wildman–Crippen LogP) is 3.21. The molecule has 0 aliphatic heterocycles. The second kappa shape index (κ2) is 6.73. The van der Waals surface area contributed by atoms with E-state index >= 15 is 0 Å². The second-order valence-electron chi connectivity index (χ2n) is 3.78. The molecule has 0 aliphatic carbocycles. The molecule has 94 valence electrons. The first-order valence-electron chi connectivity index (χ1n) is 5.77. The molecular formula is C12H18N2O3. The van der Waals surface area contributed by atoms with Crippen molar-refractivity contribution in [3.63, 3.8) is 0 Å². The predicted molar refractivity (Wildman–Crippen MR) is 67.7 cm³/mol. The topological polar surface area (TPSA) is 64.4 Å². The molecule has 0 atom stereocenters. The van der Waals surface area contributed by atoms with Crippen molar-refractivity contribution < 1.29 is 9.66 Å². The van der Waals surface area contributed by atoms with Crippen molar-refractivity contribution >= 4 is 11.4 Å². The molecule has 0 fully saturated rings. The third-order valence-electron chi connectivity index (χ3n) is 2.41. The van der Waals surface area contributed by atoms with E-state index in [0.717, 1.165) is 19.3 Å². The fourth-order valence-corrected chi connectivity index (χ4v) is 1.46. The van der Waals surface area contributed by atoms with E-state index < -0.39 is 4.92 Å². The Labute approximate surface area is 101 Å². The van der Waals surface area contributed by atoms with Crippen LogP contribution in [0.4, 0.5) is 11.4 Å². The maximum absolute atomic E-state index is 10.7. The molecule has 0 spiro atoms. The molecule has 1 N–H and O–H groups in total. The highest BCUT2D eigenvalue weighted by molar-refractivity contribution is 5.55. The van der Waals surface area contributed by atoms with Crippen molar-refractivity contribution in [2.75, 3.05) is 19.0 Å². The number of benzene rings is 1. The molecule has 1 rings (SSSR count). The van der Waals surface area contributed by atoms with Gasteiger partial charge in [0.15, 0.2) is 0 Å². The van der Waals surface area contributed by atoms with Gasteiger partial charge in [0.2, 0.25) is 0 Å². The van der Waals surface area contributed by atoms with Crippen LogP contribution in [0.5, 0.6) is 5.75 Å². The van der Waals surface area contributed by atoms with Gasteiger partial charge in [0.05, 0.1) is 17.6 Å². The molecule has 5 heteroatoms. The van der Waals surface area contributed by atoms with Gasteiger partial charge >= 0.3 is 0 Å². The van der Waals surface area contributed by atoms with E-state index in [1.807, 2.05) is 0 Å². The summed E-state index contributed by atoms with van der Waals surface area (Å²) >= 11 is 0. The average molecular weight is 238 g/mol. The Balaban J connectivity index is 2.70. The van der Waals surface area contributed by atoms with Crippen LogP contribution in [0.1, 0.15) is 26.2 Å². The fraction of sp³-hybridized carbons (Fsp3) is 0.500. The first-order valence-corrected chi connectivity index (χ1v) is 5.77. The summed E-state index contributed by atoms with van der Waals surface area (Å²) in [6.45, 7) is 2.71. The van der Waals surface area contributed by atoms with Gasteiger partial charge in [0.1, 0.15) is 5.75 Å². The molecule has 0 saturated carbocycles. The van der Waals surface area contributed by atoms with Gasteiger partial charge < -0.3 is 10.1 Å². The third kappa shape index (κ3) is 4.30. The number of rotatable bonds is 7. The number of hydrogen-bond acceptors (Lipinski definition) is 4. The SMILES string of the molecule is CCCCCOc1cc(NC)cc([N+](=O)[O-])c1. The molecular weight excluding hydrogens is 220 g/mol. The molecule has 0 aromatic heterocycles. The number of ether oxygens (including phenoxy) is 1. The van der Waals surface area contributed by atoms with Crippen molar-refractivity contribution in [3.05, 3.63) is 28.3 Å². The minimum Gasteiger partial charge on any atom is -0.493 e. The van der Waals surface area contributed by atoms with Gasteiger partial charge in [0.25, 0.3) is 5.69 Å². The van der Waals surface area contributed by atoms with Crippen LogP contribution in [-0.4, -0.2) is 18.6 Å². The standard InChI is InChI=1S/C12H18N2O3/c1-3-4-5-6-17-12-8-10(13-2)7-11(9-12)14(15)16/h7-9,13H,3-6H2,1-2H3. The van der Waals surface area contributed by atoms with E-state index in [9.17, 15) is 10.1 Å². The molecule has 17 heavy (non-hydrogen) atoms. The lowest BCUT2D eigenvalue weighted by Gasteiger charge is -2.07. The Kier molecular flexibility index (Phi) is 5.26. The third-order valence-corrected chi connectivity index (χ3v) is 2.41. The van der Waals surface area contributed by atoms with E-state index in [1.165, 1.54) is 12.1 Å². The molecule has 5 nitrogen and oxygen atoms in total. The summed E-state index contributed by atoms with van der Waals surface area (Å²) < 4.78 is 5.50. The highest BCUT2D eigenvalue weighted by atomic mass is 16.6. The molecule has 1 aromatic carbocycles. The number of nitro groups is 1. The van der Waals surface area contributed by atoms with Gasteiger partial charge in [-0.1, -0.05) is 19.8 Å². The molecule has 0 unspecified atom stereocenters. The van der Waals surface area contributed by atoms with E-state index in [0.29, 0.717) is 18.0 Å². The van der Waals surface area contributed by atoms with Crippen molar-refractivity contribution in [1.29, 1.82) is 0 Å². The van der Waals surface area contributed by atoms with E-state index in [2.05, 4.69) is 12.2 Å². The second-order valence-corrected chi connectivity index (χ2v) is 3.78. The van der Waals surface area contributed by atoms with Crippen LogP contribution in [-0.2, 0) is 0 Å². The summed E-state index contributed by atoms with van der Waals surface area (Å²) in [5, 5.41) is 13.6. The number of nitrogens with one attached hydrogen (secondary N) is 1. The van der Waals surface area contributed by atoms with Crippen molar-refractivity contribution in [2.45, 2.75) is 26.2 Å². The number of unbranched alkanes of at least 4 members (excludes halogenated alkanes) is 2. The number of anilines is 1. The quantitative estimate of drug-likeness (QED) is 0.450.